The van der Waals surface area contributed by atoms with Crippen LogP contribution in [-0.4, -0.2) is 34.2 Å². The summed E-state index contributed by atoms with van der Waals surface area (Å²) in [5.74, 6) is 0.206. The van der Waals surface area contributed by atoms with Crippen LogP contribution in [0.15, 0.2) is 30.5 Å². The average molecular weight is 358 g/mol. The van der Waals surface area contributed by atoms with Gasteiger partial charge in [-0.05, 0) is 31.0 Å². The minimum absolute atomic E-state index is 0.257. The predicted octanol–water partition coefficient (Wildman–Crippen LogP) is 2.75. The molecule has 2 N–H and O–H groups in total. The van der Waals surface area contributed by atoms with Crippen LogP contribution in [0, 0.1) is 0 Å². The molecule has 128 valence electrons. The molecule has 0 spiro atoms. The van der Waals surface area contributed by atoms with Crippen molar-refractivity contribution in [3.05, 3.63) is 35.5 Å². The molecule has 2 aromatic rings. The van der Waals surface area contributed by atoms with Gasteiger partial charge in [0.15, 0.2) is 5.82 Å². The number of rotatable bonds is 5. The lowest BCUT2D eigenvalue weighted by molar-refractivity contribution is -0.133. The van der Waals surface area contributed by atoms with Crippen LogP contribution in [0.5, 0.6) is 0 Å². The first-order valence-corrected chi connectivity index (χ1v) is 8.49. The zero-order chi connectivity index (χ0) is 17.4. The van der Waals surface area contributed by atoms with Crippen molar-refractivity contribution >= 4 is 46.4 Å². The van der Waals surface area contributed by atoms with Gasteiger partial charge in [0.25, 0.3) is 5.91 Å². The fourth-order valence-electron chi connectivity index (χ4n) is 2.65. The van der Waals surface area contributed by atoms with Crippen molar-refractivity contribution in [1.29, 1.82) is 0 Å². The Morgan fingerprint density at radius 3 is 2.80 bits per heavy atom. The molecular weight excluding hydrogens is 342 g/mol. The number of nitrogens with one attached hydrogen (secondary N) is 2. The van der Waals surface area contributed by atoms with Crippen LogP contribution in [0.25, 0.3) is 0 Å². The van der Waals surface area contributed by atoms with Crippen molar-refractivity contribution in [2.24, 2.45) is 0 Å². The highest BCUT2D eigenvalue weighted by atomic mass is 35.5. The number of aromatic nitrogens is 2. The van der Waals surface area contributed by atoms with Crippen molar-refractivity contribution in [2.45, 2.75) is 25.3 Å². The third-order valence-electron chi connectivity index (χ3n) is 4.12. The van der Waals surface area contributed by atoms with Gasteiger partial charge in [-0.2, -0.15) is 4.98 Å². The molecule has 1 aromatic carbocycles. The standard InChI is InChI=1S/C17H16ClN5O2/c18-13-9-19-17(22-15(13)20-10-4-5-10)21-11-2-1-3-12(8-11)23-7-6-14(24)16(23)25/h1-3,8-10H,4-7H2,(H2,19,20,21,22). The number of ketones is 1. The lowest BCUT2D eigenvalue weighted by Gasteiger charge is -2.16. The van der Waals surface area contributed by atoms with E-state index in [9.17, 15) is 9.59 Å². The molecule has 4 rings (SSSR count). The monoisotopic (exact) mass is 357 g/mol. The lowest BCUT2D eigenvalue weighted by Crippen LogP contribution is -2.26. The number of carbonyl (C=O) groups excluding carboxylic acids is 2. The molecular formula is C17H16ClN5O2. The lowest BCUT2D eigenvalue weighted by atomic mass is 10.2. The van der Waals surface area contributed by atoms with Crippen LogP contribution in [0.1, 0.15) is 19.3 Å². The summed E-state index contributed by atoms with van der Waals surface area (Å²) in [5.41, 5.74) is 1.40. The summed E-state index contributed by atoms with van der Waals surface area (Å²) in [6.07, 6.45) is 4.04. The smallest absolute Gasteiger partial charge is 0.294 e. The minimum Gasteiger partial charge on any atom is -0.366 e. The third kappa shape index (κ3) is 3.41. The summed E-state index contributed by atoms with van der Waals surface area (Å²) in [4.78, 5) is 33.4. The summed E-state index contributed by atoms with van der Waals surface area (Å²) >= 11 is 6.12. The van der Waals surface area contributed by atoms with Crippen LogP contribution in [0.2, 0.25) is 5.02 Å². The average Bonchev–Trinajstić information content (AvgIpc) is 3.36. The number of hydrogen-bond acceptors (Lipinski definition) is 6. The molecule has 25 heavy (non-hydrogen) atoms. The van der Waals surface area contributed by atoms with Crippen molar-refractivity contribution in [1.82, 2.24) is 9.97 Å². The molecule has 1 saturated carbocycles. The number of carbonyl (C=O) groups is 2. The Bertz CT molecular complexity index is 853. The first kappa shape index (κ1) is 15.8. The van der Waals surface area contributed by atoms with Crippen molar-refractivity contribution in [2.75, 3.05) is 22.1 Å². The summed E-state index contributed by atoms with van der Waals surface area (Å²) in [7, 11) is 0. The SMILES string of the molecule is O=C1CCN(c2cccc(Nc3ncc(Cl)c(NC4CC4)n3)c2)C1=O. The van der Waals surface area contributed by atoms with Gasteiger partial charge in [0.2, 0.25) is 11.7 Å². The van der Waals surface area contributed by atoms with E-state index in [1.807, 2.05) is 12.1 Å². The Kier molecular flexibility index (Phi) is 4.01. The van der Waals surface area contributed by atoms with Gasteiger partial charge in [0.1, 0.15) is 5.02 Å². The van der Waals surface area contributed by atoms with E-state index in [1.54, 1.807) is 18.3 Å². The maximum absolute atomic E-state index is 11.9. The number of nitrogens with zero attached hydrogens (tertiary/aromatic N) is 3. The Hall–Kier alpha value is -2.67. The van der Waals surface area contributed by atoms with Crippen molar-refractivity contribution in [3.8, 4) is 0 Å². The second-order valence-corrected chi connectivity index (χ2v) is 6.52. The van der Waals surface area contributed by atoms with Crippen LogP contribution in [0.3, 0.4) is 0 Å². The summed E-state index contributed by atoms with van der Waals surface area (Å²) in [6.45, 7) is 0.411. The van der Waals surface area contributed by atoms with E-state index in [-0.39, 0.29) is 12.2 Å². The van der Waals surface area contributed by atoms with Gasteiger partial charge in [0.05, 0.1) is 6.20 Å². The van der Waals surface area contributed by atoms with E-state index in [0.29, 0.717) is 35.1 Å². The Balaban J connectivity index is 1.54. The number of halogens is 1. The summed E-state index contributed by atoms with van der Waals surface area (Å²) in [5, 5.41) is 6.85. The summed E-state index contributed by atoms with van der Waals surface area (Å²) < 4.78 is 0. The largest absolute Gasteiger partial charge is 0.366 e. The number of Topliss-reactive ketones (excluding diaryl/α,β-unsaturated/α-hetero) is 1. The van der Waals surface area contributed by atoms with E-state index in [2.05, 4.69) is 20.6 Å². The van der Waals surface area contributed by atoms with Gasteiger partial charge in [-0.15, -0.1) is 0 Å². The van der Waals surface area contributed by atoms with Crippen molar-refractivity contribution in [3.63, 3.8) is 0 Å². The fourth-order valence-corrected chi connectivity index (χ4v) is 2.79. The van der Waals surface area contributed by atoms with Gasteiger partial charge in [-0.3, -0.25) is 9.59 Å². The molecule has 7 nitrogen and oxygen atoms in total. The maximum atomic E-state index is 11.9. The molecule has 1 aliphatic carbocycles. The molecule has 1 aliphatic heterocycles. The molecule has 2 aliphatic rings. The third-order valence-corrected chi connectivity index (χ3v) is 4.40. The highest BCUT2D eigenvalue weighted by molar-refractivity contribution is 6.43. The predicted molar refractivity (Wildman–Crippen MR) is 95.4 cm³/mol. The Morgan fingerprint density at radius 1 is 1.24 bits per heavy atom. The molecule has 8 heteroatoms. The number of benzene rings is 1. The number of amides is 1. The second-order valence-electron chi connectivity index (χ2n) is 6.11. The molecule has 1 aromatic heterocycles. The van der Waals surface area contributed by atoms with Gasteiger partial charge in [-0.1, -0.05) is 17.7 Å². The molecule has 2 fully saturated rings. The molecule has 0 radical (unpaired) electrons. The minimum atomic E-state index is -0.462. The zero-order valence-corrected chi connectivity index (χ0v) is 14.1. The summed E-state index contributed by atoms with van der Waals surface area (Å²) in [6, 6.07) is 7.68. The fraction of sp³-hybridized carbons (Fsp3) is 0.294. The maximum Gasteiger partial charge on any atom is 0.294 e. The first-order chi connectivity index (χ1) is 12.1. The molecule has 0 bridgehead atoms. The quantitative estimate of drug-likeness (QED) is 0.800. The van der Waals surface area contributed by atoms with Gasteiger partial charge < -0.3 is 15.5 Å². The molecule has 2 heterocycles. The zero-order valence-electron chi connectivity index (χ0n) is 13.3. The highest BCUT2D eigenvalue weighted by Gasteiger charge is 2.30. The van der Waals surface area contributed by atoms with E-state index >= 15 is 0 Å². The highest BCUT2D eigenvalue weighted by Crippen LogP contribution is 2.29. The number of hydrogen-bond donors (Lipinski definition) is 2. The van der Waals surface area contributed by atoms with Crippen LogP contribution >= 0.6 is 11.6 Å². The molecule has 1 saturated heterocycles. The number of anilines is 4. The molecule has 1 amide bonds. The van der Waals surface area contributed by atoms with E-state index in [0.717, 1.165) is 18.5 Å². The van der Waals surface area contributed by atoms with Gasteiger partial charge >= 0.3 is 0 Å². The van der Waals surface area contributed by atoms with Gasteiger partial charge in [0, 0.05) is 30.4 Å². The van der Waals surface area contributed by atoms with Crippen LogP contribution in [-0.2, 0) is 9.59 Å². The van der Waals surface area contributed by atoms with E-state index in [4.69, 9.17) is 11.6 Å². The van der Waals surface area contributed by atoms with Crippen molar-refractivity contribution < 1.29 is 9.59 Å². The van der Waals surface area contributed by atoms with E-state index < -0.39 is 5.91 Å². The molecule has 0 atom stereocenters. The van der Waals surface area contributed by atoms with Crippen LogP contribution < -0.4 is 15.5 Å². The normalized spacial score (nSPS) is 17.1. The Labute approximate surface area is 149 Å². The first-order valence-electron chi connectivity index (χ1n) is 8.11. The molecule has 0 unspecified atom stereocenters. The topological polar surface area (TPSA) is 87.2 Å². The van der Waals surface area contributed by atoms with Gasteiger partial charge in [-0.25, -0.2) is 4.98 Å². The van der Waals surface area contributed by atoms with Crippen LogP contribution in [0.4, 0.5) is 23.1 Å². The van der Waals surface area contributed by atoms with E-state index in [1.165, 1.54) is 4.90 Å². The second kappa shape index (κ2) is 6.33. The Morgan fingerprint density at radius 2 is 2.08 bits per heavy atom.